The predicted octanol–water partition coefficient (Wildman–Crippen LogP) is 1.19. The molecule has 0 saturated carbocycles. The normalized spacial score (nSPS) is 32.8. The lowest BCUT2D eigenvalue weighted by molar-refractivity contribution is -0.0862. The molecule has 0 aromatic carbocycles. The molecule has 3 rings (SSSR count). The summed E-state index contributed by atoms with van der Waals surface area (Å²) in [5, 5.41) is 0. The maximum absolute atomic E-state index is 5.29. The first-order valence-electron chi connectivity index (χ1n) is 6.78. The highest BCUT2D eigenvalue weighted by Gasteiger charge is 2.39. The fourth-order valence-electron chi connectivity index (χ4n) is 3.39. The van der Waals surface area contributed by atoms with Gasteiger partial charge in [0, 0.05) is 0 Å². The third-order valence-corrected chi connectivity index (χ3v) is 5.04. The zero-order valence-electron chi connectivity index (χ0n) is 10.5. The van der Waals surface area contributed by atoms with Gasteiger partial charge < -0.3 is 9.64 Å². The minimum Gasteiger partial charge on any atom is -0.378 e. The summed E-state index contributed by atoms with van der Waals surface area (Å²) in [6.45, 7) is 7.22. The number of likely N-dealkylation sites (tertiary alicyclic amines) is 2. The summed E-state index contributed by atoms with van der Waals surface area (Å²) in [4.78, 5) is 5.14. The molecular formula is C13H24N2O. The molecule has 3 saturated heterocycles. The van der Waals surface area contributed by atoms with E-state index in [1.165, 1.54) is 51.9 Å². The second-order valence-corrected chi connectivity index (χ2v) is 6.03. The molecule has 3 aliphatic heterocycles. The molecule has 0 amide bonds. The van der Waals surface area contributed by atoms with E-state index >= 15 is 0 Å². The molecule has 1 spiro atoms. The van der Waals surface area contributed by atoms with Crippen molar-refractivity contribution in [1.29, 1.82) is 0 Å². The maximum atomic E-state index is 5.29. The van der Waals surface area contributed by atoms with Gasteiger partial charge in [0.25, 0.3) is 0 Å². The Morgan fingerprint density at radius 2 is 1.50 bits per heavy atom. The van der Waals surface area contributed by atoms with Crippen LogP contribution in [-0.4, -0.2) is 62.3 Å². The number of nitrogens with zero attached hydrogens (tertiary/aromatic N) is 2. The first kappa shape index (κ1) is 11.0. The molecule has 0 unspecified atom stereocenters. The fraction of sp³-hybridized carbons (Fsp3) is 1.00. The van der Waals surface area contributed by atoms with Crippen LogP contribution in [-0.2, 0) is 4.74 Å². The van der Waals surface area contributed by atoms with Gasteiger partial charge in [-0.25, -0.2) is 0 Å². The minimum absolute atomic E-state index is 0.702. The van der Waals surface area contributed by atoms with Crippen molar-refractivity contribution in [3.63, 3.8) is 0 Å². The molecule has 0 bridgehead atoms. The van der Waals surface area contributed by atoms with E-state index in [1.54, 1.807) is 0 Å². The zero-order valence-corrected chi connectivity index (χ0v) is 10.5. The Morgan fingerprint density at radius 3 is 2.00 bits per heavy atom. The average molecular weight is 224 g/mol. The summed E-state index contributed by atoms with van der Waals surface area (Å²) in [6.07, 6.45) is 5.71. The van der Waals surface area contributed by atoms with Crippen LogP contribution in [0.1, 0.15) is 25.7 Å². The second kappa shape index (κ2) is 4.28. The van der Waals surface area contributed by atoms with Gasteiger partial charge in [-0.15, -0.1) is 0 Å². The monoisotopic (exact) mass is 224 g/mol. The second-order valence-electron chi connectivity index (χ2n) is 6.03. The largest absolute Gasteiger partial charge is 0.378 e. The number of hydrogen-bond donors (Lipinski definition) is 0. The molecule has 0 N–H and O–H groups in total. The third-order valence-electron chi connectivity index (χ3n) is 5.04. The summed E-state index contributed by atoms with van der Waals surface area (Å²) in [7, 11) is 2.26. The van der Waals surface area contributed by atoms with Crippen molar-refractivity contribution in [2.75, 3.05) is 46.4 Å². The Morgan fingerprint density at radius 1 is 0.938 bits per heavy atom. The average Bonchev–Trinajstić information content (AvgIpc) is 2.24. The summed E-state index contributed by atoms with van der Waals surface area (Å²) in [5.41, 5.74) is 0.702. The third kappa shape index (κ3) is 2.01. The molecule has 3 fully saturated rings. The van der Waals surface area contributed by atoms with E-state index in [1.807, 2.05) is 0 Å². The van der Waals surface area contributed by atoms with Gasteiger partial charge in [0.1, 0.15) is 0 Å². The van der Waals surface area contributed by atoms with E-state index in [0.717, 1.165) is 19.3 Å². The summed E-state index contributed by atoms with van der Waals surface area (Å²) >= 11 is 0. The van der Waals surface area contributed by atoms with E-state index < -0.39 is 0 Å². The van der Waals surface area contributed by atoms with E-state index in [0.29, 0.717) is 5.41 Å². The van der Waals surface area contributed by atoms with Crippen LogP contribution in [0.15, 0.2) is 0 Å². The summed E-state index contributed by atoms with van der Waals surface area (Å²) < 4.78 is 5.29. The van der Waals surface area contributed by atoms with Crippen molar-refractivity contribution >= 4 is 0 Å². The quantitative estimate of drug-likeness (QED) is 0.665. The summed E-state index contributed by atoms with van der Waals surface area (Å²) in [5.74, 6) is 0. The molecule has 0 radical (unpaired) electrons. The van der Waals surface area contributed by atoms with E-state index in [9.17, 15) is 0 Å². The van der Waals surface area contributed by atoms with E-state index in [-0.39, 0.29) is 0 Å². The number of piperidine rings is 2. The van der Waals surface area contributed by atoms with Crippen LogP contribution in [0.25, 0.3) is 0 Å². The summed E-state index contributed by atoms with van der Waals surface area (Å²) in [6, 6.07) is 0.753. The van der Waals surface area contributed by atoms with Crippen molar-refractivity contribution in [3.05, 3.63) is 0 Å². The first-order valence-corrected chi connectivity index (χ1v) is 6.78. The Kier molecular flexibility index (Phi) is 2.94. The molecule has 3 nitrogen and oxygen atoms in total. The van der Waals surface area contributed by atoms with Gasteiger partial charge in [0.05, 0.1) is 19.3 Å². The fourth-order valence-corrected chi connectivity index (χ4v) is 3.39. The number of rotatable bonds is 1. The SMILES string of the molecule is CN1CCC2(CC1)CCN(C1COC1)CC2. The lowest BCUT2D eigenvalue weighted by Gasteiger charge is -2.49. The van der Waals surface area contributed by atoms with Gasteiger partial charge in [0.15, 0.2) is 0 Å². The zero-order chi connectivity index (χ0) is 11.0. The van der Waals surface area contributed by atoms with Crippen LogP contribution in [0.4, 0.5) is 0 Å². The topological polar surface area (TPSA) is 15.7 Å². The van der Waals surface area contributed by atoms with Crippen LogP contribution in [0.5, 0.6) is 0 Å². The Bertz CT molecular complexity index is 234. The van der Waals surface area contributed by atoms with Crippen molar-refractivity contribution < 1.29 is 4.74 Å². The Labute approximate surface area is 98.7 Å². The lowest BCUT2D eigenvalue weighted by atomic mass is 9.71. The van der Waals surface area contributed by atoms with Gasteiger partial charge in [0.2, 0.25) is 0 Å². The molecule has 3 heteroatoms. The van der Waals surface area contributed by atoms with Crippen LogP contribution in [0.3, 0.4) is 0 Å². The van der Waals surface area contributed by atoms with Crippen molar-refractivity contribution in [1.82, 2.24) is 9.80 Å². The van der Waals surface area contributed by atoms with Crippen molar-refractivity contribution in [2.24, 2.45) is 5.41 Å². The van der Waals surface area contributed by atoms with Gasteiger partial charge in [-0.1, -0.05) is 0 Å². The smallest absolute Gasteiger partial charge is 0.0645 e. The highest BCUT2D eigenvalue weighted by atomic mass is 16.5. The highest BCUT2D eigenvalue weighted by Crippen LogP contribution is 2.41. The molecular weight excluding hydrogens is 200 g/mol. The Balaban J connectivity index is 1.53. The standard InChI is InChI=1S/C13H24N2O/c1-14-6-2-13(3-7-14)4-8-15(9-5-13)12-10-16-11-12/h12H,2-11H2,1H3. The van der Waals surface area contributed by atoms with Gasteiger partial charge in [-0.2, -0.15) is 0 Å². The molecule has 0 atom stereocenters. The molecule has 0 aromatic heterocycles. The number of hydrogen-bond acceptors (Lipinski definition) is 3. The van der Waals surface area contributed by atoms with E-state index in [4.69, 9.17) is 4.74 Å². The van der Waals surface area contributed by atoms with E-state index in [2.05, 4.69) is 16.8 Å². The minimum atomic E-state index is 0.702. The number of ether oxygens (including phenoxy) is 1. The van der Waals surface area contributed by atoms with Crippen molar-refractivity contribution in [2.45, 2.75) is 31.7 Å². The van der Waals surface area contributed by atoms with Crippen LogP contribution in [0, 0.1) is 5.41 Å². The Hall–Kier alpha value is -0.120. The highest BCUT2D eigenvalue weighted by molar-refractivity contribution is 4.92. The van der Waals surface area contributed by atoms with Gasteiger partial charge >= 0.3 is 0 Å². The maximum Gasteiger partial charge on any atom is 0.0645 e. The lowest BCUT2D eigenvalue weighted by Crippen LogP contribution is -2.54. The molecule has 3 heterocycles. The molecule has 3 aliphatic rings. The molecule has 16 heavy (non-hydrogen) atoms. The molecule has 92 valence electrons. The van der Waals surface area contributed by atoms with Crippen LogP contribution < -0.4 is 0 Å². The van der Waals surface area contributed by atoms with Gasteiger partial charge in [-0.05, 0) is 64.3 Å². The van der Waals surface area contributed by atoms with Crippen molar-refractivity contribution in [3.8, 4) is 0 Å². The van der Waals surface area contributed by atoms with Gasteiger partial charge in [-0.3, -0.25) is 4.90 Å². The van der Waals surface area contributed by atoms with Crippen LogP contribution in [0.2, 0.25) is 0 Å². The molecule has 0 aliphatic carbocycles. The predicted molar refractivity (Wildman–Crippen MR) is 64.6 cm³/mol. The first-order chi connectivity index (χ1) is 7.77. The van der Waals surface area contributed by atoms with Crippen LogP contribution >= 0.6 is 0 Å². The molecule has 0 aromatic rings.